The van der Waals surface area contributed by atoms with Crippen LogP contribution in [-0.4, -0.2) is 156 Å². The molecule has 1 amide bonds. The molecule has 0 aliphatic carbocycles. The molecule has 30 nitrogen and oxygen atoms in total. The Morgan fingerprint density at radius 2 is 1.15 bits per heavy atom. The number of methoxy groups -OCH3 is 1. The molecule has 3 saturated heterocycles. The maximum Gasteiger partial charge on any atom is 0.513 e. The van der Waals surface area contributed by atoms with Crippen LogP contribution in [0.5, 0.6) is 5.88 Å². The average molecular weight is 1790 g/mol. The number of nitrogens with zero attached hydrogens (tertiary/aromatic N) is 15. The van der Waals surface area contributed by atoms with Gasteiger partial charge in [-0.2, -0.15) is 20.1 Å². The van der Waals surface area contributed by atoms with Gasteiger partial charge in [0.1, 0.15) is 40.1 Å². The number of aliphatic imine (C=N–C) groups is 2. The van der Waals surface area contributed by atoms with Crippen LogP contribution in [0.1, 0.15) is 123 Å². The number of carbonyl (C=O) groups is 1. The van der Waals surface area contributed by atoms with Gasteiger partial charge in [-0.15, -0.1) is 5.10 Å². The lowest BCUT2D eigenvalue weighted by Gasteiger charge is -2.28. The largest absolute Gasteiger partial charge is 0.513 e. The summed E-state index contributed by atoms with van der Waals surface area (Å²) in [6, 6.07) is 44.0. The first-order valence-corrected chi connectivity index (χ1v) is 39.9. The van der Waals surface area contributed by atoms with Crippen LogP contribution in [-0.2, 0) is 47.7 Å². The van der Waals surface area contributed by atoms with Crippen molar-refractivity contribution < 1.29 is 51.2 Å². The van der Waals surface area contributed by atoms with Crippen molar-refractivity contribution in [2.45, 2.75) is 103 Å². The standard InChI is InChI=1S/C20H15BrFN7.C19H21BrFN5O2.C16H19BN2O3.C14H12BrFN4O.C6H5N3.C5H11NO2/c1-10-18-16(26-20(23)24-10)9-15(12-7-6-11(22)8-13(12)21)25-19(18)29-17-5-3-2-4-14(17)27-28-29;1-10-17-15(25-19(22)23-10)9-14(12-6-5-11(21)8-13(12)20)24-18(17)26-28-16-4-2-3-7-27-16;1-20-16-9-5-8-15(18-16)17-21-12-10-19(11-13-22-17)14-6-3-2-4-7-14;1-6-12-11(20-14(17)18-6)5-10(19-13(12)21)8-3-2-7(16)4-9(8)15;1-2-4-6-5(3-1)7-9-8-6;6-8-5-2-1-3-7-4-5/h2-8,15H,9H2,1H3,(H2,23,24,26);5-6,8,14,16H,2-4,7,9H2,1H3,(H,24,26)(H2,22,23,25);2-9H,10-13H2,1H3;2-4,10H,5H2,1H3,(H,19,21)(H2,17,18,20);1-4H,(H,7,8,9);5H,1-4,6H2/t15-;14-,16?;;10-;;/m11.1../s1. The Kier molecular flexibility index (Phi) is 28.6. The number of benzene rings is 6. The van der Waals surface area contributed by atoms with Gasteiger partial charge in [-0.05, 0) is 142 Å². The summed E-state index contributed by atoms with van der Waals surface area (Å²) >= 11 is 10.2. The molecule has 2 unspecified atom stereocenters. The molecule has 117 heavy (non-hydrogen) atoms. The number of amidine groups is 1. The third-order valence-electron chi connectivity index (χ3n) is 19.3. The zero-order valence-corrected chi connectivity index (χ0v) is 68.8. The molecule has 0 bridgehead atoms. The van der Waals surface area contributed by atoms with Crippen LogP contribution in [0, 0.1) is 38.2 Å². The zero-order chi connectivity index (χ0) is 82.1. The minimum atomic E-state index is -0.437. The van der Waals surface area contributed by atoms with E-state index in [4.69, 9.17) is 61.4 Å². The number of hydroxylamine groups is 1. The predicted octanol–water partition coefficient (Wildman–Crippen LogP) is 11.6. The fourth-order valence-corrected chi connectivity index (χ4v) is 15.6. The summed E-state index contributed by atoms with van der Waals surface area (Å²) in [4.78, 5) is 64.6. The lowest BCUT2D eigenvalue weighted by Crippen LogP contribution is -2.45. The summed E-state index contributed by atoms with van der Waals surface area (Å²) in [6.07, 6.45) is 6.36. The molecule has 6 aromatic carbocycles. The number of nitrogen functional groups attached to an aromatic ring is 3. The third kappa shape index (κ3) is 21.5. The smallest absolute Gasteiger partial charge is 0.481 e. The van der Waals surface area contributed by atoms with Gasteiger partial charge >= 0.3 is 7.12 Å². The van der Waals surface area contributed by atoms with Crippen LogP contribution in [0.25, 0.3) is 22.1 Å². The van der Waals surface area contributed by atoms with Gasteiger partial charge in [-0.1, -0.05) is 120 Å². The number of aromatic amines is 1. The topological polar surface area (TPSA) is 400 Å². The Morgan fingerprint density at radius 1 is 0.581 bits per heavy atom. The number of rotatable bonds is 9. The van der Waals surface area contributed by atoms with Gasteiger partial charge in [0.25, 0.3) is 5.91 Å². The monoisotopic (exact) mass is 1780 g/mol. The van der Waals surface area contributed by atoms with Crippen molar-refractivity contribution in [1.82, 2.24) is 76.1 Å². The van der Waals surface area contributed by atoms with E-state index in [2.05, 4.69) is 141 Å². The molecular formula is C80H83BBr3F3N22O8. The fraction of sp³-hybridized carbons (Fsp3) is 0.300. The number of halogens is 6. The highest BCUT2D eigenvalue weighted by molar-refractivity contribution is 9.11. The van der Waals surface area contributed by atoms with E-state index in [1.54, 1.807) is 36.9 Å². The van der Waals surface area contributed by atoms with E-state index in [0.717, 1.165) is 130 Å². The second-order valence-electron chi connectivity index (χ2n) is 27.4. The van der Waals surface area contributed by atoms with Crippen LogP contribution < -0.4 is 49.1 Å². The van der Waals surface area contributed by atoms with Gasteiger partial charge < -0.3 is 50.9 Å². The molecule has 6 aromatic heterocycles. The molecule has 11 N–H and O–H groups in total. The quantitative estimate of drug-likeness (QED) is 0.0521. The van der Waals surface area contributed by atoms with Crippen LogP contribution in [0.4, 0.5) is 36.7 Å². The van der Waals surface area contributed by atoms with Gasteiger partial charge in [0.15, 0.2) is 18.0 Å². The number of nitrogens with two attached hydrogens (primary N) is 4. The molecule has 3 fully saturated rings. The predicted molar refractivity (Wildman–Crippen MR) is 446 cm³/mol. The Hall–Kier alpha value is -10.9. The highest BCUT2D eigenvalue weighted by atomic mass is 79.9. The number of pyridine rings is 1. The summed E-state index contributed by atoms with van der Waals surface area (Å²) < 4.78 is 71.4. The molecule has 5 atom stereocenters. The van der Waals surface area contributed by atoms with Crippen LogP contribution in [0.3, 0.4) is 0 Å². The van der Waals surface area contributed by atoms with Gasteiger partial charge in [0.2, 0.25) is 23.7 Å². The van der Waals surface area contributed by atoms with Crippen molar-refractivity contribution >= 4 is 124 Å². The fourth-order valence-electron chi connectivity index (χ4n) is 13.8. The van der Waals surface area contributed by atoms with E-state index in [1.165, 1.54) is 42.1 Å². The maximum absolute atomic E-state index is 13.6. The first kappa shape index (κ1) is 84.1. The van der Waals surface area contributed by atoms with Crippen molar-refractivity contribution in [1.29, 1.82) is 0 Å². The minimum Gasteiger partial charge on any atom is -0.481 e. The highest BCUT2D eigenvalue weighted by Gasteiger charge is 2.34. The molecule has 12 aromatic rings. The Morgan fingerprint density at radius 3 is 1.72 bits per heavy atom. The number of carbonyl (C=O) groups excluding carboxylic acids is 1. The van der Waals surface area contributed by atoms with Crippen molar-refractivity contribution in [2.24, 2.45) is 15.9 Å². The Bertz CT molecular complexity index is 5480. The first-order chi connectivity index (χ1) is 56.7. The van der Waals surface area contributed by atoms with Gasteiger partial charge in [0.05, 0.1) is 93.8 Å². The summed E-state index contributed by atoms with van der Waals surface area (Å²) in [5.74, 6) is 5.98. The zero-order valence-electron chi connectivity index (χ0n) is 64.1. The van der Waals surface area contributed by atoms with Crippen molar-refractivity contribution in [3.63, 3.8) is 0 Å². The van der Waals surface area contributed by atoms with Crippen molar-refractivity contribution in [3.8, 4) is 5.88 Å². The molecule has 0 saturated carbocycles. The van der Waals surface area contributed by atoms with Crippen LogP contribution in [0.2, 0.25) is 0 Å². The van der Waals surface area contributed by atoms with Crippen LogP contribution in [0.15, 0.2) is 175 Å². The minimum absolute atomic E-state index is 0.142. The molecule has 18 rings (SSSR count). The van der Waals surface area contributed by atoms with Gasteiger partial charge in [-0.25, -0.2) is 64.3 Å². The Labute approximate surface area is 696 Å². The lowest BCUT2D eigenvalue weighted by atomic mass is 9.83. The summed E-state index contributed by atoms with van der Waals surface area (Å²) in [5.41, 5.74) is 34.5. The summed E-state index contributed by atoms with van der Waals surface area (Å²) in [7, 11) is 1.16. The number of nitrogens with one attached hydrogen (secondary N) is 3. The number of ether oxygens (including phenoxy) is 3. The van der Waals surface area contributed by atoms with E-state index >= 15 is 0 Å². The molecule has 37 heteroatoms. The molecule has 0 spiro atoms. The van der Waals surface area contributed by atoms with Crippen molar-refractivity contribution in [3.05, 3.63) is 250 Å². The molecule has 6 aliphatic rings. The second-order valence-corrected chi connectivity index (χ2v) is 29.9. The lowest BCUT2D eigenvalue weighted by molar-refractivity contribution is -0.182. The number of aromatic nitrogens is 13. The number of para-hydroxylation sites is 4. The number of amides is 1. The number of anilines is 4. The first-order valence-electron chi connectivity index (χ1n) is 37.5. The maximum atomic E-state index is 13.6. The highest BCUT2D eigenvalue weighted by Crippen LogP contribution is 2.38. The molecular weight excluding hydrogens is 1700 g/mol. The van der Waals surface area contributed by atoms with E-state index in [0.29, 0.717) is 93.6 Å². The van der Waals surface area contributed by atoms with Crippen molar-refractivity contribution in [2.75, 3.05) is 75.3 Å². The average Bonchev–Trinajstić information content (AvgIpc) is 1.75. The summed E-state index contributed by atoms with van der Waals surface area (Å²) in [5, 5.41) is 21.8. The number of H-pyrrole nitrogens is 1. The third-order valence-corrected chi connectivity index (χ3v) is 21.4. The number of aryl methyl sites for hydroxylation is 3. The Balaban J connectivity index is 0.000000127. The van der Waals surface area contributed by atoms with Gasteiger partial charge in [0, 0.05) is 90.4 Å². The SMILES string of the molecule is COc1cccc(B2OCCN(c3ccccc3)CCO2)n1.Cc1nc(N)nc2c1C(=O)N[C@@H](c1ccc(F)cc1Br)C2.Cc1nc(N)nc2c1C(NOC1CCCCO1)=N[C@@H](c1ccc(F)cc1Br)C2.Cc1nc(N)nc2c1C(n1nnc3ccccc31)=N[C@@H](c1ccc(F)cc1Br)C2.NOC1CCCOC1.c1ccc2n[nH]nc2c1. The summed E-state index contributed by atoms with van der Waals surface area (Å²) in [6.45, 7) is 10.5. The number of fused-ring (bicyclic) bond motifs is 5. The van der Waals surface area contributed by atoms with Crippen LogP contribution >= 0.6 is 47.8 Å². The number of hydrogen-bond acceptors (Lipinski definition) is 27. The van der Waals surface area contributed by atoms with E-state index in [9.17, 15) is 18.0 Å². The normalized spacial score (nSPS) is 18.1. The number of hydrogen-bond donors (Lipinski definition) is 7. The molecule has 0 radical (unpaired) electrons. The van der Waals surface area contributed by atoms with Gasteiger partial charge in [-0.3, -0.25) is 19.6 Å². The van der Waals surface area contributed by atoms with E-state index < -0.39 is 7.12 Å². The molecule has 12 heterocycles. The van der Waals surface area contributed by atoms with E-state index in [-0.39, 0.29) is 71.7 Å². The molecule has 6 aliphatic heterocycles. The molecule has 606 valence electrons. The second kappa shape index (κ2) is 39.9. The van der Waals surface area contributed by atoms with E-state index in [1.807, 2.05) is 98.8 Å².